The Labute approximate surface area is 136 Å². The van der Waals surface area contributed by atoms with Gasteiger partial charge in [-0.15, -0.1) is 0 Å². The van der Waals surface area contributed by atoms with Crippen molar-refractivity contribution in [2.45, 2.75) is 51.4 Å². The normalized spacial score (nSPS) is 22.2. The number of aryl methyl sites for hydroxylation is 1. The van der Waals surface area contributed by atoms with Crippen LogP contribution in [0.3, 0.4) is 0 Å². The van der Waals surface area contributed by atoms with Gasteiger partial charge in [0.25, 0.3) is 5.91 Å². The molecule has 4 nitrogen and oxygen atoms in total. The summed E-state index contributed by atoms with van der Waals surface area (Å²) in [6.07, 6.45) is 5.50. The fourth-order valence-electron chi connectivity index (χ4n) is 3.80. The third-order valence-corrected chi connectivity index (χ3v) is 5.21. The molecule has 23 heavy (non-hydrogen) atoms. The first-order chi connectivity index (χ1) is 11.0. The molecule has 4 heteroatoms. The first kappa shape index (κ1) is 15.9. The first-order valence-corrected chi connectivity index (χ1v) is 8.44. The van der Waals surface area contributed by atoms with Gasteiger partial charge in [-0.1, -0.05) is 37.0 Å². The summed E-state index contributed by atoms with van der Waals surface area (Å²) in [6.45, 7) is 1.92. The van der Waals surface area contributed by atoms with Crippen LogP contribution < -0.4 is 0 Å². The molecule has 1 atom stereocenters. The van der Waals surface area contributed by atoms with E-state index in [9.17, 15) is 14.4 Å². The number of carbonyl (C=O) groups excluding carboxylic acids is 3. The summed E-state index contributed by atoms with van der Waals surface area (Å²) in [5.41, 5.74) is 2.26. The summed E-state index contributed by atoms with van der Waals surface area (Å²) in [6, 6.07) is 5.56. The van der Waals surface area contributed by atoms with E-state index in [4.69, 9.17) is 0 Å². The molecule has 2 aliphatic rings. The summed E-state index contributed by atoms with van der Waals surface area (Å²) in [4.78, 5) is 38.7. The number of nitrogens with zero attached hydrogens (tertiary/aromatic N) is 1. The third-order valence-electron chi connectivity index (χ3n) is 5.21. The SMILES string of the molecule is Cc1ccc2c(c1)C(=O)N(C)C(=O)C2CC(=O)C1CCCCC1. The van der Waals surface area contributed by atoms with Gasteiger partial charge < -0.3 is 0 Å². The molecular formula is C19H23NO3. The smallest absolute Gasteiger partial charge is 0.260 e. The molecule has 1 aliphatic heterocycles. The summed E-state index contributed by atoms with van der Waals surface area (Å²) >= 11 is 0. The molecule has 1 heterocycles. The van der Waals surface area contributed by atoms with Crippen LogP contribution in [0.1, 0.15) is 65.9 Å². The van der Waals surface area contributed by atoms with Crippen molar-refractivity contribution in [3.8, 4) is 0 Å². The van der Waals surface area contributed by atoms with E-state index in [0.717, 1.165) is 31.2 Å². The summed E-state index contributed by atoms with van der Waals surface area (Å²) in [5, 5.41) is 0. The second-order valence-electron chi connectivity index (χ2n) is 6.85. The fraction of sp³-hybridized carbons (Fsp3) is 0.526. The van der Waals surface area contributed by atoms with Crippen LogP contribution in [0.4, 0.5) is 0 Å². The van der Waals surface area contributed by atoms with Gasteiger partial charge in [0.05, 0.1) is 5.92 Å². The maximum Gasteiger partial charge on any atom is 0.260 e. The largest absolute Gasteiger partial charge is 0.299 e. The molecule has 2 amide bonds. The number of benzene rings is 1. The van der Waals surface area contributed by atoms with Crippen molar-refractivity contribution in [2.75, 3.05) is 7.05 Å². The number of rotatable bonds is 3. The Balaban J connectivity index is 1.89. The quantitative estimate of drug-likeness (QED) is 0.805. The average Bonchev–Trinajstić information content (AvgIpc) is 2.57. The van der Waals surface area contributed by atoms with Crippen molar-refractivity contribution < 1.29 is 14.4 Å². The number of Topliss-reactive ketones (excluding diaryl/α,β-unsaturated/α-hetero) is 1. The van der Waals surface area contributed by atoms with E-state index in [0.29, 0.717) is 11.1 Å². The summed E-state index contributed by atoms with van der Waals surface area (Å²) < 4.78 is 0. The number of hydrogen-bond donors (Lipinski definition) is 0. The molecular weight excluding hydrogens is 290 g/mol. The first-order valence-electron chi connectivity index (χ1n) is 8.44. The van der Waals surface area contributed by atoms with Crippen LogP contribution in [-0.2, 0) is 9.59 Å². The molecule has 3 rings (SSSR count). The molecule has 0 radical (unpaired) electrons. The van der Waals surface area contributed by atoms with Crippen molar-refractivity contribution in [3.63, 3.8) is 0 Å². The lowest BCUT2D eigenvalue weighted by Crippen LogP contribution is -2.43. The maximum atomic E-state index is 12.6. The van der Waals surface area contributed by atoms with Gasteiger partial charge in [0.2, 0.25) is 5.91 Å². The van der Waals surface area contributed by atoms with E-state index in [1.54, 1.807) is 0 Å². The Morgan fingerprint density at radius 1 is 1.17 bits per heavy atom. The zero-order chi connectivity index (χ0) is 16.6. The topological polar surface area (TPSA) is 54.5 Å². The van der Waals surface area contributed by atoms with E-state index in [2.05, 4.69) is 0 Å². The lowest BCUT2D eigenvalue weighted by Gasteiger charge is -2.31. The number of fused-ring (bicyclic) bond motifs is 1. The Morgan fingerprint density at radius 2 is 1.87 bits per heavy atom. The molecule has 1 saturated carbocycles. The highest BCUT2D eigenvalue weighted by Gasteiger charge is 2.38. The maximum absolute atomic E-state index is 12.6. The molecule has 0 spiro atoms. The number of amides is 2. The molecule has 1 aromatic rings. The van der Waals surface area contributed by atoms with Crippen LogP contribution in [0.5, 0.6) is 0 Å². The number of carbonyl (C=O) groups is 3. The number of hydrogen-bond acceptors (Lipinski definition) is 3. The van der Waals surface area contributed by atoms with Crippen molar-refractivity contribution in [1.82, 2.24) is 4.90 Å². The zero-order valence-corrected chi connectivity index (χ0v) is 13.8. The molecule has 1 unspecified atom stereocenters. The van der Waals surface area contributed by atoms with Crippen molar-refractivity contribution in [2.24, 2.45) is 5.92 Å². The standard InChI is InChI=1S/C19H23NO3/c1-12-8-9-14-15(10-12)18(22)20(2)19(23)16(14)11-17(21)13-6-4-3-5-7-13/h8-10,13,16H,3-7,11H2,1-2H3. The summed E-state index contributed by atoms with van der Waals surface area (Å²) in [7, 11) is 1.51. The van der Waals surface area contributed by atoms with Gasteiger partial charge in [-0.25, -0.2) is 0 Å². The van der Waals surface area contributed by atoms with E-state index in [1.165, 1.54) is 18.4 Å². The van der Waals surface area contributed by atoms with Crippen LogP contribution in [0.25, 0.3) is 0 Å². The van der Waals surface area contributed by atoms with Crippen LogP contribution >= 0.6 is 0 Å². The molecule has 0 aromatic heterocycles. The van der Waals surface area contributed by atoms with Crippen LogP contribution in [0, 0.1) is 12.8 Å². The van der Waals surface area contributed by atoms with Gasteiger partial charge in [-0.05, 0) is 31.4 Å². The average molecular weight is 313 g/mol. The molecule has 122 valence electrons. The Hall–Kier alpha value is -1.97. The molecule has 1 fully saturated rings. The van der Waals surface area contributed by atoms with Crippen LogP contribution in [0.2, 0.25) is 0 Å². The molecule has 0 N–H and O–H groups in total. The molecule has 0 saturated heterocycles. The van der Waals surface area contributed by atoms with Crippen LogP contribution in [-0.4, -0.2) is 29.5 Å². The van der Waals surface area contributed by atoms with E-state index in [-0.39, 0.29) is 29.9 Å². The van der Waals surface area contributed by atoms with Gasteiger partial charge in [0.15, 0.2) is 0 Å². The Kier molecular flexibility index (Phi) is 4.33. The lowest BCUT2D eigenvalue weighted by molar-refractivity contribution is -0.133. The van der Waals surface area contributed by atoms with Gasteiger partial charge in [0, 0.05) is 24.9 Å². The molecule has 1 aliphatic carbocycles. The minimum atomic E-state index is -0.511. The second-order valence-corrected chi connectivity index (χ2v) is 6.85. The lowest BCUT2D eigenvalue weighted by atomic mass is 9.79. The van der Waals surface area contributed by atoms with E-state index in [1.807, 2.05) is 25.1 Å². The third kappa shape index (κ3) is 2.94. The Bertz CT molecular complexity index is 659. The second kappa shape index (κ2) is 6.26. The molecule has 0 bridgehead atoms. The van der Waals surface area contributed by atoms with Gasteiger partial charge in [0.1, 0.15) is 5.78 Å². The van der Waals surface area contributed by atoms with Gasteiger partial charge in [-0.3, -0.25) is 19.3 Å². The predicted octanol–water partition coefficient (Wildman–Crippen LogP) is 3.23. The minimum Gasteiger partial charge on any atom is -0.299 e. The van der Waals surface area contributed by atoms with Gasteiger partial charge >= 0.3 is 0 Å². The van der Waals surface area contributed by atoms with E-state index < -0.39 is 5.92 Å². The zero-order valence-electron chi connectivity index (χ0n) is 13.8. The van der Waals surface area contributed by atoms with E-state index >= 15 is 0 Å². The monoisotopic (exact) mass is 313 g/mol. The highest BCUT2D eigenvalue weighted by atomic mass is 16.2. The van der Waals surface area contributed by atoms with Crippen LogP contribution in [0.15, 0.2) is 18.2 Å². The van der Waals surface area contributed by atoms with Crippen molar-refractivity contribution in [1.29, 1.82) is 0 Å². The van der Waals surface area contributed by atoms with Gasteiger partial charge in [-0.2, -0.15) is 0 Å². The highest BCUT2D eigenvalue weighted by molar-refractivity contribution is 6.12. The van der Waals surface area contributed by atoms with Crippen molar-refractivity contribution >= 4 is 17.6 Å². The number of imide groups is 1. The Morgan fingerprint density at radius 3 is 2.57 bits per heavy atom. The number of ketones is 1. The molecule has 1 aromatic carbocycles. The summed E-state index contributed by atoms with van der Waals surface area (Å²) in [5.74, 6) is -0.765. The highest BCUT2D eigenvalue weighted by Crippen LogP contribution is 2.34. The van der Waals surface area contributed by atoms with Crippen molar-refractivity contribution in [3.05, 3.63) is 34.9 Å². The minimum absolute atomic E-state index is 0.0911. The number of likely N-dealkylation sites (N-methyl/N-ethyl adjacent to an activating group) is 1. The predicted molar refractivity (Wildman–Crippen MR) is 87.2 cm³/mol. The fourth-order valence-corrected chi connectivity index (χ4v) is 3.80.